The monoisotopic (exact) mass is 348 g/mol. The average Bonchev–Trinajstić information content (AvgIpc) is 2.73. The summed E-state index contributed by atoms with van der Waals surface area (Å²) >= 11 is 0. The molecule has 0 aromatic carbocycles. The molecule has 0 unspecified atom stereocenters. The number of hydrogen-bond acceptors (Lipinski definition) is 2. The van der Waals surface area contributed by atoms with Gasteiger partial charge in [0.1, 0.15) is 5.78 Å². The fraction of sp³-hybridized carbons (Fsp3) is 0.857. The largest absolute Gasteiger partial charge is 0.412 e. The Morgan fingerprint density at radius 1 is 1.08 bits per heavy atom. The standard InChI is InChI=1S/C21H36O2Si/c1-14(2)24(15(3)4,16(5)6)23-20-19-17(11-12-18(19)22)10-9-13-21(20,7)8/h14-17,19-20H,11-13H2,1-8H3/t17-,19-,20+/m1/s1. The minimum Gasteiger partial charge on any atom is -0.412 e. The van der Waals surface area contributed by atoms with E-state index in [1.54, 1.807) is 0 Å². The zero-order chi connectivity index (χ0) is 18.3. The van der Waals surface area contributed by atoms with Crippen LogP contribution in [0.2, 0.25) is 16.6 Å². The van der Waals surface area contributed by atoms with Crippen LogP contribution in [0.1, 0.15) is 74.7 Å². The molecule has 2 aliphatic carbocycles. The third kappa shape index (κ3) is 3.25. The molecule has 2 rings (SSSR count). The van der Waals surface area contributed by atoms with E-state index in [0.717, 1.165) is 12.8 Å². The van der Waals surface area contributed by atoms with Crippen molar-refractivity contribution in [2.24, 2.45) is 17.3 Å². The molecule has 0 radical (unpaired) electrons. The molecule has 136 valence electrons. The quantitative estimate of drug-likeness (QED) is 0.479. The molecule has 3 heteroatoms. The summed E-state index contributed by atoms with van der Waals surface area (Å²) in [6, 6.07) is 0. The molecule has 3 atom stereocenters. The van der Waals surface area contributed by atoms with Gasteiger partial charge in [0.15, 0.2) is 0 Å². The Kier molecular flexibility index (Phi) is 5.72. The molecule has 1 saturated carbocycles. The first-order valence-corrected chi connectivity index (χ1v) is 11.9. The Hall–Kier alpha value is -0.593. The van der Waals surface area contributed by atoms with Gasteiger partial charge >= 0.3 is 0 Å². The molecule has 0 aromatic rings. The summed E-state index contributed by atoms with van der Waals surface area (Å²) in [5, 5.41) is 0. The fourth-order valence-corrected chi connectivity index (χ4v) is 11.0. The van der Waals surface area contributed by atoms with E-state index in [1.165, 1.54) is 0 Å². The molecule has 0 bridgehead atoms. The van der Waals surface area contributed by atoms with E-state index in [1.807, 2.05) is 0 Å². The van der Waals surface area contributed by atoms with Crippen molar-refractivity contribution >= 4 is 14.1 Å². The van der Waals surface area contributed by atoms with Crippen LogP contribution in [0.25, 0.3) is 0 Å². The van der Waals surface area contributed by atoms with Gasteiger partial charge in [-0.25, -0.2) is 0 Å². The maximum Gasteiger partial charge on any atom is 0.200 e. The lowest BCUT2D eigenvalue weighted by Gasteiger charge is -2.49. The van der Waals surface area contributed by atoms with Gasteiger partial charge in [-0.2, -0.15) is 0 Å². The maximum absolute atomic E-state index is 12.7. The lowest BCUT2D eigenvalue weighted by molar-refractivity contribution is -0.126. The van der Waals surface area contributed by atoms with Crippen LogP contribution in [0.3, 0.4) is 0 Å². The predicted molar refractivity (Wildman–Crippen MR) is 103 cm³/mol. The van der Waals surface area contributed by atoms with Gasteiger partial charge in [-0.1, -0.05) is 61.3 Å². The lowest BCUT2D eigenvalue weighted by atomic mass is 9.75. The maximum atomic E-state index is 12.7. The van der Waals surface area contributed by atoms with Crippen LogP contribution in [0.5, 0.6) is 0 Å². The summed E-state index contributed by atoms with van der Waals surface area (Å²) in [5.74, 6) is 7.34. The van der Waals surface area contributed by atoms with E-state index in [4.69, 9.17) is 4.43 Å². The van der Waals surface area contributed by atoms with Crippen molar-refractivity contribution in [3.05, 3.63) is 0 Å². The first-order chi connectivity index (χ1) is 11.0. The summed E-state index contributed by atoms with van der Waals surface area (Å²) in [6.07, 6.45) is 2.43. The second kappa shape index (κ2) is 6.96. The molecule has 2 nitrogen and oxygen atoms in total. The summed E-state index contributed by atoms with van der Waals surface area (Å²) in [5.41, 5.74) is 1.54. The van der Waals surface area contributed by atoms with Crippen molar-refractivity contribution in [1.82, 2.24) is 0 Å². The highest BCUT2D eigenvalue weighted by Crippen LogP contribution is 2.49. The SMILES string of the molecule is CC(C)[Si](O[C@H]1[C@H]2C(=O)CC[C@H]2C#CCC1(C)C)(C(C)C)C(C)C. The summed E-state index contributed by atoms with van der Waals surface area (Å²) in [6.45, 7) is 18.4. The van der Waals surface area contributed by atoms with E-state index in [2.05, 4.69) is 67.2 Å². The predicted octanol–water partition coefficient (Wildman–Crippen LogP) is 5.58. The van der Waals surface area contributed by atoms with Crippen molar-refractivity contribution in [2.45, 2.75) is 97.4 Å². The molecule has 0 saturated heterocycles. The lowest BCUT2D eigenvalue weighted by Crippen LogP contribution is -2.55. The molecular formula is C21H36O2Si. The number of fused-ring (bicyclic) bond motifs is 1. The van der Waals surface area contributed by atoms with Gasteiger partial charge in [0.2, 0.25) is 8.32 Å². The van der Waals surface area contributed by atoms with Gasteiger partial charge in [-0.3, -0.25) is 4.79 Å². The van der Waals surface area contributed by atoms with Crippen molar-refractivity contribution in [1.29, 1.82) is 0 Å². The minimum atomic E-state index is -2.02. The summed E-state index contributed by atoms with van der Waals surface area (Å²) < 4.78 is 7.18. The van der Waals surface area contributed by atoms with E-state index in [0.29, 0.717) is 28.8 Å². The fourth-order valence-electron chi connectivity index (χ4n) is 5.27. The number of Topliss-reactive ketones (excluding diaryl/α,β-unsaturated/α-hetero) is 1. The van der Waals surface area contributed by atoms with Crippen LogP contribution >= 0.6 is 0 Å². The molecule has 0 heterocycles. The normalized spacial score (nSPS) is 29.6. The Labute approximate surface area is 150 Å². The van der Waals surface area contributed by atoms with Crippen molar-refractivity contribution < 1.29 is 9.22 Å². The first kappa shape index (κ1) is 19.7. The van der Waals surface area contributed by atoms with Crippen molar-refractivity contribution in [3.8, 4) is 11.8 Å². The highest BCUT2D eigenvalue weighted by Gasteiger charge is 2.54. The first-order valence-electron chi connectivity index (χ1n) is 9.73. The summed E-state index contributed by atoms with van der Waals surface area (Å²) in [7, 11) is -2.02. The molecule has 0 aliphatic heterocycles. The van der Waals surface area contributed by atoms with Crippen LogP contribution < -0.4 is 0 Å². The van der Waals surface area contributed by atoms with Crippen molar-refractivity contribution in [3.63, 3.8) is 0 Å². The van der Waals surface area contributed by atoms with Crippen LogP contribution in [-0.4, -0.2) is 20.2 Å². The molecule has 2 aliphatic rings. The van der Waals surface area contributed by atoms with Crippen LogP contribution in [0, 0.1) is 29.1 Å². The highest BCUT2D eigenvalue weighted by atomic mass is 28.4. The number of hydrogen-bond donors (Lipinski definition) is 0. The Bertz CT molecular complexity index is 514. The number of carbonyl (C=O) groups excluding carboxylic acids is 1. The topological polar surface area (TPSA) is 26.3 Å². The van der Waals surface area contributed by atoms with Gasteiger partial charge in [0, 0.05) is 24.2 Å². The van der Waals surface area contributed by atoms with Gasteiger partial charge in [-0.15, -0.1) is 5.92 Å². The number of ketones is 1. The molecule has 0 aromatic heterocycles. The molecule has 0 amide bonds. The number of carbonyl (C=O) groups is 1. The molecule has 24 heavy (non-hydrogen) atoms. The molecule has 0 spiro atoms. The zero-order valence-electron chi connectivity index (χ0n) is 16.9. The van der Waals surface area contributed by atoms with E-state index in [-0.39, 0.29) is 23.4 Å². The highest BCUT2D eigenvalue weighted by molar-refractivity contribution is 6.77. The van der Waals surface area contributed by atoms with Gasteiger partial charge < -0.3 is 4.43 Å². The van der Waals surface area contributed by atoms with Gasteiger partial charge in [0.25, 0.3) is 0 Å². The second-order valence-electron chi connectivity index (χ2n) is 9.48. The average molecular weight is 349 g/mol. The molecule has 1 fully saturated rings. The Morgan fingerprint density at radius 2 is 1.62 bits per heavy atom. The smallest absolute Gasteiger partial charge is 0.200 e. The van der Waals surface area contributed by atoms with Crippen LogP contribution in [-0.2, 0) is 9.22 Å². The van der Waals surface area contributed by atoms with Crippen molar-refractivity contribution in [2.75, 3.05) is 0 Å². The molecular weight excluding hydrogens is 312 g/mol. The Morgan fingerprint density at radius 3 is 2.12 bits per heavy atom. The van der Waals surface area contributed by atoms with Crippen LogP contribution in [0.15, 0.2) is 0 Å². The van der Waals surface area contributed by atoms with E-state index < -0.39 is 8.32 Å². The molecule has 0 N–H and O–H groups in total. The zero-order valence-corrected chi connectivity index (χ0v) is 17.9. The van der Waals surface area contributed by atoms with E-state index >= 15 is 0 Å². The van der Waals surface area contributed by atoms with E-state index in [9.17, 15) is 4.79 Å². The minimum absolute atomic E-state index is 0.00105. The van der Waals surface area contributed by atoms with Gasteiger partial charge in [0.05, 0.1) is 12.0 Å². The Balaban J connectivity index is 2.47. The summed E-state index contributed by atoms with van der Waals surface area (Å²) in [4.78, 5) is 12.7. The van der Waals surface area contributed by atoms with Crippen LogP contribution in [0.4, 0.5) is 0 Å². The third-order valence-electron chi connectivity index (χ3n) is 6.47. The number of rotatable bonds is 5. The second-order valence-corrected chi connectivity index (χ2v) is 14.9. The van der Waals surface area contributed by atoms with Gasteiger partial charge in [-0.05, 0) is 23.0 Å². The third-order valence-corrected chi connectivity index (χ3v) is 12.5.